The lowest BCUT2D eigenvalue weighted by molar-refractivity contribution is 0.139. The van der Waals surface area contributed by atoms with Gasteiger partial charge in [0.25, 0.3) is 0 Å². The maximum absolute atomic E-state index is 12.6. The fourth-order valence-electron chi connectivity index (χ4n) is 3.59. The monoisotopic (exact) mass is 346 g/mol. The number of hydrogen-bond donors (Lipinski definition) is 1. The zero-order valence-electron chi connectivity index (χ0n) is 15.2. The van der Waals surface area contributed by atoms with Gasteiger partial charge in [-0.25, -0.2) is 4.79 Å². The van der Waals surface area contributed by atoms with Gasteiger partial charge >= 0.3 is 6.03 Å². The van der Waals surface area contributed by atoms with Crippen LogP contribution >= 0.6 is 0 Å². The highest BCUT2D eigenvalue weighted by molar-refractivity contribution is 5.74. The molecule has 0 aliphatic carbocycles. The molecule has 138 valence electrons. The third-order valence-corrected chi connectivity index (χ3v) is 5.33. The van der Waals surface area contributed by atoms with Crippen molar-refractivity contribution in [1.29, 1.82) is 0 Å². The minimum atomic E-state index is 0.0771. The number of nitrogens with one attached hydrogen (secondary N) is 1. The molecule has 0 spiro atoms. The van der Waals surface area contributed by atoms with Crippen LogP contribution in [0.1, 0.15) is 31.7 Å². The first-order valence-electron chi connectivity index (χ1n) is 9.48. The van der Waals surface area contributed by atoms with E-state index in [9.17, 15) is 4.79 Å². The van der Waals surface area contributed by atoms with Gasteiger partial charge in [-0.15, -0.1) is 0 Å². The molecule has 1 atom stereocenters. The van der Waals surface area contributed by atoms with Crippen molar-refractivity contribution in [3.05, 3.63) is 30.1 Å². The molecule has 0 bridgehead atoms. The Morgan fingerprint density at radius 1 is 1.20 bits per heavy atom. The molecule has 2 amide bonds. The molecule has 6 heteroatoms. The smallest absolute Gasteiger partial charge is 0.317 e. The summed E-state index contributed by atoms with van der Waals surface area (Å²) >= 11 is 0. The van der Waals surface area contributed by atoms with E-state index in [2.05, 4.69) is 34.3 Å². The fourth-order valence-corrected chi connectivity index (χ4v) is 3.59. The van der Waals surface area contributed by atoms with Crippen LogP contribution in [0.5, 0.6) is 0 Å². The highest BCUT2D eigenvalue weighted by Gasteiger charge is 2.26. The van der Waals surface area contributed by atoms with Crippen LogP contribution < -0.4 is 5.32 Å². The molecule has 0 aromatic carbocycles. The quantitative estimate of drug-likeness (QED) is 0.905. The highest BCUT2D eigenvalue weighted by atomic mass is 16.5. The Kier molecular flexibility index (Phi) is 6.64. The van der Waals surface area contributed by atoms with Crippen LogP contribution in [-0.2, 0) is 11.2 Å². The van der Waals surface area contributed by atoms with Crippen LogP contribution in [0.2, 0.25) is 0 Å². The summed E-state index contributed by atoms with van der Waals surface area (Å²) in [4.78, 5) is 21.0. The van der Waals surface area contributed by atoms with E-state index in [1.807, 2.05) is 17.3 Å². The third-order valence-electron chi connectivity index (χ3n) is 5.33. The third kappa shape index (κ3) is 5.41. The summed E-state index contributed by atoms with van der Waals surface area (Å²) in [6.45, 7) is 7.37. The number of amides is 2. The van der Waals surface area contributed by atoms with Crippen LogP contribution in [0.3, 0.4) is 0 Å². The molecule has 6 nitrogen and oxygen atoms in total. The van der Waals surface area contributed by atoms with E-state index in [4.69, 9.17) is 4.74 Å². The van der Waals surface area contributed by atoms with Crippen molar-refractivity contribution in [3.8, 4) is 0 Å². The summed E-state index contributed by atoms with van der Waals surface area (Å²) < 4.78 is 5.48. The molecule has 3 rings (SSSR count). The molecular formula is C19H30N4O2. The minimum Gasteiger partial charge on any atom is -0.380 e. The summed E-state index contributed by atoms with van der Waals surface area (Å²) in [7, 11) is 0. The molecule has 25 heavy (non-hydrogen) atoms. The van der Waals surface area contributed by atoms with Gasteiger partial charge in [0, 0.05) is 57.3 Å². The van der Waals surface area contributed by atoms with E-state index in [1.165, 1.54) is 5.56 Å². The summed E-state index contributed by atoms with van der Waals surface area (Å²) in [5.41, 5.74) is 1.34. The first-order valence-corrected chi connectivity index (χ1v) is 9.48. The van der Waals surface area contributed by atoms with Crippen molar-refractivity contribution in [2.75, 3.05) is 39.4 Å². The average molecular weight is 346 g/mol. The van der Waals surface area contributed by atoms with Crippen molar-refractivity contribution in [2.45, 2.75) is 44.7 Å². The van der Waals surface area contributed by atoms with Crippen LogP contribution in [0.15, 0.2) is 24.5 Å². The van der Waals surface area contributed by atoms with Crippen LogP contribution in [-0.4, -0.2) is 72.3 Å². The normalized spacial score (nSPS) is 23.2. The first-order chi connectivity index (χ1) is 12.2. The van der Waals surface area contributed by atoms with E-state index in [-0.39, 0.29) is 12.1 Å². The summed E-state index contributed by atoms with van der Waals surface area (Å²) in [6.07, 6.45) is 7.74. The number of aromatic nitrogens is 1. The van der Waals surface area contributed by atoms with Crippen molar-refractivity contribution in [1.82, 2.24) is 20.1 Å². The van der Waals surface area contributed by atoms with Gasteiger partial charge in [-0.05, 0) is 50.3 Å². The van der Waals surface area contributed by atoms with E-state index in [0.29, 0.717) is 19.2 Å². The van der Waals surface area contributed by atoms with E-state index in [1.54, 1.807) is 0 Å². The first kappa shape index (κ1) is 18.1. The Hall–Kier alpha value is -1.66. The zero-order valence-corrected chi connectivity index (χ0v) is 15.2. The van der Waals surface area contributed by atoms with Gasteiger partial charge in [0.1, 0.15) is 0 Å². The second-order valence-electron chi connectivity index (χ2n) is 7.11. The molecule has 1 N–H and O–H groups in total. The fraction of sp³-hybridized carbons (Fsp3) is 0.684. The van der Waals surface area contributed by atoms with E-state index < -0.39 is 0 Å². The lowest BCUT2D eigenvalue weighted by Gasteiger charge is -2.34. The van der Waals surface area contributed by atoms with Gasteiger partial charge in [0.15, 0.2) is 0 Å². The van der Waals surface area contributed by atoms with E-state index in [0.717, 1.165) is 51.9 Å². The Balaban J connectivity index is 1.39. The van der Waals surface area contributed by atoms with Gasteiger partial charge in [0.2, 0.25) is 0 Å². The number of nitrogens with zero attached hydrogens (tertiary/aromatic N) is 3. The lowest BCUT2D eigenvalue weighted by Crippen LogP contribution is -2.51. The van der Waals surface area contributed by atoms with Crippen LogP contribution in [0, 0.1) is 0 Å². The Morgan fingerprint density at radius 2 is 1.96 bits per heavy atom. The summed E-state index contributed by atoms with van der Waals surface area (Å²) in [5, 5.41) is 3.24. The van der Waals surface area contributed by atoms with Gasteiger partial charge in [-0.2, -0.15) is 0 Å². The average Bonchev–Trinajstić information content (AvgIpc) is 2.86. The predicted octanol–water partition coefficient (Wildman–Crippen LogP) is 1.91. The molecule has 2 saturated heterocycles. The van der Waals surface area contributed by atoms with Crippen LogP contribution in [0.25, 0.3) is 0 Å². The van der Waals surface area contributed by atoms with Gasteiger partial charge < -0.3 is 19.9 Å². The number of rotatable bonds is 4. The summed E-state index contributed by atoms with van der Waals surface area (Å²) in [6, 6.07) is 4.79. The Bertz CT molecular complexity index is 531. The Labute approximate surface area is 150 Å². The molecule has 0 unspecified atom stereocenters. The minimum absolute atomic E-state index is 0.0771. The number of hydrogen-bond acceptors (Lipinski definition) is 4. The number of urea groups is 1. The molecule has 1 aromatic heterocycles. The molecule has 0 radical (unpaired) electrons. The Morgan fingerprint density at radius 3 is 2.72 bits per heavy atom. The SMILES string of the molecule is C[C@H]1CCOCCN1C(=O)NC1CCN(CCc2ccncc2)CC1. The molecule has 3 heterocycles. The maximum atomic E-state index is 12.6. The molecule has 0 saturated carbocycles. The largest absolute Gasteiger partial charge is 0.380 e. The second-order valence-corrected chi connectivity index (χ2v) is 7.11. The predicted molar refractivity (Wildman–Crippen MR) is 97.5 cm³/mol. The van der Waals surface area contributed by atoms with Crippen LogP contribution in [0.4, 0.5) is 4.79 Å². The van der Waals surface area contributed by atoms with E-state index >= 15 is 0 Å². The topological polar surface area (TPSA) is 57.7 Å². The second kappa shape index (κ2) is 9.15. The molecular weight excluding hydrogens is 316 g/mol. The van der Waals surface area contributed by atoms with Crippen molar-refractivity contribution < 1.29 is 9.53 Å². The molecule has 1 aromatic rings. The number of likely N-dealkylation sites (tertiary alicyclic amines) is 1. The standard InChI is InChI=1S/C19H30N4O2/c1-16-7-14-25-15-13-23(16)19(24)21-18-5-11-22(12-6-18)10-4-17-2-8-20-9-3-17/h2-3,8-9,16,18H,4-7,10-15H2,1H3,(H,21,24)/t16-/m0/s1. The van der Waals surface area contributed by atoms with Crippen molar-refractivity contribution in [3.63, 3.8) is 0 Å². The maximum Gasteiger partial charge on any atom is 0.317 e. The number of ether oxygens (including phenoxy) is 1. The molecule has 2 fully saturated rings. The highest BCUT2D eigenvalue weighted by Crippen LogP contribution is 2.14. The summed E-state index contributed by atoms with van der Waals surface area (Å²) in [5.74, 6) is 0. The number of carbonyl (C=O) groups excluding carboxylic acids is 1. The van der Waals surface area contributed by atoms with Gasteiger partial charge in [-0.1, -0.05) is 0 Å². The van der Waals surface area contributed by atoms with Crippen molar-refractivity contribution in [2.24, 2.45) is 0 Å². The molecule has 2 aliphatic rings. The lowest BCUT2D eigenvalue weighted by atomic mass is 10.0. The van der Waals surface area contributed by atoms with Gasteiger partial charge in [0.05, 0.1) is 6.61 Å². The number of pyridine rings is 1. The van der Waals surface area contributed by atoms with Crippen molar-refractivity contribution >= 4 is 6.03 Å². The molecule has 2 aliphatic heterocycles. The zero-order chi connectivity index (χ0) is 17.5. The number of piperidine rings is 1. The number of carbonyl (C=O) groups is 1. The van der Waals surface area contributed by atoms with Gasteiger partial charge in [-0.3, -0.25) is 4.98 Å².